The SMILES string of the molecule is C=CCN(CC=C)S(=O)(=O)c1ccc(C(=O)N(CC2CCCO2)c2nc3ccc(CC)cc3s2)cc1. The van der Waals surface area contributed by atoms with Crippen molar-refractivity contribution in [3.63, 3.8) is 0 Å². The van der Waals surface area contributed by atoms with Gasteiger partial charge in [0, 0.05) is 25.3 Å². The van der Waals surface area contributed by atoms with Gasteiger partial charge in [0.25, 0.3) is 5.91 Å². The molecule has 1 aliphatic heterocycles. The summed E-state index contributed by atoms with van der Waals surface area (Å²) in [7, 11) is -3.75. The molecule has 2 heterocycles. The number of ether oxygens (including phenoxy) is 1. The Labute approximate surface area is 216 Å². The zero-order chi connectivity index (χ0) is 25.7. The van der Waals surface area contributed by atoms with Gasteiger partial charge < -0.3 is 4.74 Å². The van der Waals surface area contributed by atoms with E-state index in [-0.39, 0.29) is 30.0 Å². The zero-order valence-electron chi connectivity index (χ0n) is 20.4. The van der Waals surface area contributed by atoms with Crippen LogP contribution in [0.2, 0.25) is 0 Å². The Hall–Kier alpha value is -2.85. The van der Waals surface area contributed by atoms with Crippen LogP contribution in [0.25, 0.3) is 10.2 Å². The number of anilines is 1. The quantitative estimate of drug-likeness (QED) is 0.328. The van der Waals surface area contributed by atoms with Gasteiger partial charge in [0.15, 0.2) is 5.13 Å². The molecule has 2 aromatic carbocycles. The van der Waals surface area contributed by atoms with E-state index in [9.17, 15) is 13.2 Å². The van der Waals surface area contributed by atoms with Gasteiger partial charge in [-0.25, -0.2) is 13.4 Å². The Balaban J connectivity index is 1.64. The van der Waals surface area contributed by atoms with Crippen LogP contribution in [0.15, 0.2) is 72.7 Å². The van der Waals surface area contributed by atoms with Crippen molar-refractivity contribution in [3.8, 4) is 0 Å². The summed E-state index contributed by atoms with van der Waals surface area (Å²) in [5.74, 6) is -0.238. The van der Waals surface area contributed by atoms with Crippen molar-refractivity contribution < 1.29 is 17.9 Å². The Morgan fingerprint density at radius 3 is 2.50 bits per heavy atom. The standard InChI is InChI=1S/C27H31N3O4S2/c1-4-15-29(16-5-2)36(32,33)23-12-10-21(11-13-23)26(31)30(19-22-8-7-17-34-22)27-28-24-14-9-20(6-3)18-25(24)35-27/h4-5,9-14,18,22H,1-2,6-8,15-17,19H2,3H3. The van der Waals surface area contributed by atoms with E-state index < -0.39 is 10.0 Å². The fourth-order valence-electron chi connectivity index (χ4n) is 4.17. The molecule has 0 radical (unpaired) electrons. The summed E-state index contributed by atoms with van der Waals surface area (Å²) in [5, 5.41) is 0.610. The van der Waals surface area contributed by atoms with Crippen LogP contribution in [-0.2, 0) is 21.2 Å². The first kappa shape index (κ1) is 26.2. The smallest absolute Gasteiger partial charge is 0.260 e. The lowest BCUT2D eigenvalue weighted by Crippen LogP contribution is -2.37. The second-order valence-corrected chi connectivity index (χ2v) is 11.6. The molecule has 1 amide bonds. The molecule has 1 fully saturated rings. The molecule has 0 saturated carbocycles. The molecule has 4 rings (SSSR count). The zero-order valence-corrected chi connectivity index (χ0v) is 22.1. The number of rotatable bonds is 11. The lowest BCUT2D eigenvalue weighted by atomic mass is 10.1. The van der Waals surface area contributed by atoms with Gasteiger partial charge in [-0.05, 0) is 61.2 Å². The van der Waals surface area contributed by atoms with Crippen molar-refractivity contribution in [2.24, 2.45) is 0 Å². The third kappa shape index (κ3) is 5.59. The van der Waals surface area contributed by atoms with Crippen LogP contribution in [0, 0.1) is 0 Å². The summed E-state index contributed by atoms with van der Waals surface area (Å²) in [4.78, 5) is 20.2. The number of aromatic nitrogens is 1. The van der Waals surface area contributed by atoms with Gasteiger partial charge in [-0.1, -0.05) is 36.5 Å². The van der Waals surface area contributed by atoms with E-state index >= 15 is 0 Å². The number of benzene rings is 2. The highest BCUT2D eigenvalue weighted by Gasteiger charge is 2.28. The molecule has 1 atom stereocenters. The van der Waals surface area contributed by atoms with Gasteiger partial charge >= 0.3 is 0 Å². The van der Waals surface area contributed by atoms with Gasteiger partial charge in [-0.2, -0.15) is 4.31 Å². The third-order valence-corrected chi connectivity index (χ3v) is 9.03. The fourth-order valence-corrected chi connectivity index (χ4v) is 6.58. The second-order valence-electron chi connectivity index (χ2n) is 8.63. The summed E-state index contributed by atoms with van der Waals surface area (Å²) in [6, 6.07) is 12.2. The Kier molecular flexibility index (Phi) is 8.35. The van der Waals surface area contributed by atoms with Gasteiger partial charge in [-0.15, -0.1) is 13.2 Å². The molecule has 1 aliphatic rings. The molecule has 0 spiro atoms. The van der Waals surface area contributed by atoms with Gasteiger partial charge in [-0.3, -0.25) is 9.69 Å². The van der Waals surface area contributed by atoms with E-state index in [0.717, 1.165) is 29.5 Å². The van der Waals surface area contributed by atoms with Gasteiger partial charge in [0.2, 0.25) is 10.0 Å². The molecule has 1 aromatic heterocycles. The Morgan fingerprint density at radius 1 is 1.17 bits per heavy atom. The van der Waals surface area contributed by atoms with Crippen LogP contribution in [0.4, 0.5) is 5.13 Å². The monoisotopic (exact) mass is 525 g/mol. The summed E-state index contributed by atoms with van der Waals surface area (Å²) in [6.07, 6.45) is 5.78. The molecule has 7 nitrogen and oxygen atoms in total. The maximum absolute atomic E-state index is 13.7. The highest BCUT2D eigenvalue weighted by atomic mass is 32.2. The summed E-state index contributed by atoms with van der Waals surface area (Å²) < 4.78 is 34.2. The van der Waals surface area contributed by atoms with Crippen LogP contribution in [0.5, 0.6) is 0 Å². The molecule has 1 unspecified atom stereocenters. The molecule has 1 saturated heterocycles. The average molecular weight is 526 g/mol. The fraction of sp³-hybridized carbons (Fsp3) is 0.333. The van der Waals surface area contributed by atoms with E-state index in [1.54, 1.807) is 17.0 Å². The van der Waals surface area contributed by atoms with E-state index in [2.05, 4.69) is 32.2 Å². The number of fused-ring (bicyclic) bond motifs is 1. The number of amides is 1. The van der Waals surface area contributed by atoms with Gasteiger partial charge in [0.05, 0.1) is 27.8 Å². The van der Waals surface area contributed by atoms with E-state index in [4.69, 9.17) is 9.72 Å². The molecular formula is C27H31N3O4S2. The van der Waals surface area contributed by atoms with E-state index in [1.807, 2.05) is 6.07 Å². The Bertz CT molecular complexity index is 1330. The van der Waals surface area contributed by atoms with Crippen LogP contribution in [0.3, 0.4) is 0 Å². The predicted octanol–water partition coefficient (Wildman–Crippen LogP) is 5.05. The molecule has 190 valence electrons. The normalized spacial score (nSPS) is 15.9. The largest absolute Gasteiger partial charge is 0.376 e. The first-order valence-electron chi connectivity index (χ1n) is 12.0. The van der Waals surface area contributed by atoms with Crippen LogP contribution in [-0.4, -0.2) is 56.0 Å². The number of nitrogens with zero attached hydrogens (tertiary/aromatic N) is 3. The molecule has 0 N–H and O–H groups in total. The molecule has 0 bridgehead atoms. The van der Waals surface area contributed by atoms with Gasteiger partial charge in [0.1, 0.15) is 0 Å². The van der Waals surface area contributed by atoms with Crippen LogP contribution in [0.1, 0.15) is 35.7 Å². The minimum atomic E-state index is -3.75. The summed E-state index contributed by atoms with van der Waals surface area (Å²) in [5.41, 5.74) is 2.45. The molecule has 36 heavy (non-hydrogen) atoms. The predicted molar refractivity (Wildman–Crippen MR) is 145 cm³/mol. The summed E-state index contributed by atoms with van der Waals surface area (Å²) in [6.45, 7) is 10.8. The molecule has 3 aromatic rings. The molecular weight excluding hydrogens is 494 g/mol. The lowest BCUT2D eigenvalue weighted by molar-refractivity contribution is 0.0917. The molecule has 0 aliphatic carbocycles. The van der Waals surface area contributed by atoms with Crippen molar-refractivity contribution >= 4 is 42.6 Å². The topological polar surface area (TPSA) is 79.8 Å². The van der Waals surface area contributed by atoms with Crippen molar-refractivity contribution in [2.45, 2.75) is 37.2 Å². The van der Waals surface area contributed by atoms with E-state index in [1.165, 1.54) is 45.5 Å². The molecule has 9 heteroatoms. The van der Waals surface area contributed by atoms with Crippen molar-refractivity contribution in [3.05, 3.63) is 78.9 Å². The number of carbonyl (C=O) groups excluding carboxylic acids is 1. The van der Waals surface area contributed by atoms with Crippen LogP contribution >= 0.6 is 11.3 Å². The van der Waals surface area contributed by atoms with E-state index in [0.29, 0.717) is 23.8 Å². The first-order valence-corrected chi connectivity index (χ1v) is 14.3. The minimum absolute atomic E-state index is 0.0572. The summed E-state index contributed by atoms with van der Waals surface area (Å²) >= 11 is 1.48. The van der Waals surface area contributed by atoms with Crippen molar-refractivity contribution in [1.82, 2.24) is 9.29 Å². The number of thiazole rings is 1. The number of aryl methyl sites for hydroxylation is 1. The maximum atomic E-state index is 13.7. The van der Waals surface area contributed by atoms with Crippen LogP contribution < -0.4 is 4.90 Å². The number of hydrogen-bond acceptors (Lipinski definition) is 6. The highest BCUT2D eigenvalue weighted by Crippen LogP contribution is 2.32. The maximum Gasteiger partial charge on any atom is 0.260 e. The first-order chi connectivity index (χ1) is 17.4. The Morgan fingerprint density at radius 2 is 1.89 bits per heavy atom. The number of carbonyl (C=O) groups is 1. The van der Waals surface area contributed by atoms with Crippen molar-refractivity contribution in [2.75, 3.05) is 31.1 Å². The second kappa shape index (κ2) is 11.5. The van der Waals surface area contributed by atoms with Crippen molar-refractivity contribution in [1.29, 1.82) is 0 Å². The average Bonchev–Trinajstić information content (AvgIpc) is 3.56. The lowest BCUT2D eigenvalue weighted by Gasteiger charge is -2.23. The number of sulfonamides is 1. The highest BCUT2D eigenvalue weighted by molar-refractivity contribution is 7.89. The third-order valence-electron chi connectivity index (χ3n) is 6.14. The number of hydrogen-bond donors (Lipinski definition) is 0. The minimum Gasteiger partial charge on any atom is -0.376 e.